The van der Waals surface area contributed by atoms with Crippen LogP contribution in [0.25, 0.3) is 0 Å². The second kappa shape index (κ2) is 9.84. The van der Waals surface area contributed by atoms with Crippen molar-refractivity contribution in [3.8, 4) is 0 Å². The fourth-order valence-corrected chi connectivity index (χ4v) is 4.81. The van der Waals surface area contributed by atoms with E-state index in [1.165, 1.54) is 0 Å². The van der Waals surface area contributed by atoms with E-state index in [1.54, 1.807) is 24.3 Å². The van der Waals surface area contributed by atoms with Crippen molar-refractivity contribution in [2.75, 3.05) is 31.5 Å². The Balaban J connectivity index is 1.49. The van der Waals surface area contributed by atoms with Gasteiger partial charge in [-0.1, -0.05) is 33.6 Å². The summed E-state index contributed by atoms with van der Waals surface area (Å²) in [7, 11) is -3.51. The Labute approximate surface area is 180 Å². The third-order valence-electron chi connectivity index (χ3n) is 4.99. The predicted octanol–water partition coefficient (Wildman–Crippen LogP) is 3.39. The van der Waals surface area contributed by atoms with Gasteiger partial charge in [0.05, 0.1) is 11.4 Å². The quantitative estimate of drug-likeness (QED) is 0.637. The van der Waals surface area contributed by atoms with Crippen LogP contribution in [0.1, 0.15) is 18.4 Å². The van der Waals surface area contributed by atoms with Crippen LogP contribution in [0.4, 0.5) is 5.69 Å². The fraction of sp³-hybridized carbons (Fsp3) is 0.381. The number of nitrogens with one attached hydrogen (secondary N) is 2. The van der Waals surface area contributed by atoms with E-state index < -0.39 is 10.0 Å². The molecule has 1 aliphatic heterocycles. The number of sulfonamides is 1. The van der Waals surface area contributed by atoms with E-state index >= 15 is 0 Å². The molecule has 1 saturated heterocycles. The van der Waals surface area contributed by atoms with E-state index in [9.17, 15) is 13.2 Å². The van der Waals surface area contributed by atoms with Gasteiger partial charge in [0, 0.05) is 23.2 Å². The monoisotopic (exact) mass is 479 g/mol. The van der Waals surface area contributed by atoms with Gasteiger partial charge in [0.15, 0.2) is 0 Å². The van der Waals surface area contributed by atoms with Crippen molar-refractivity contribution in [3.63, 3.8) is 0 Å². The second-order valence-corrected chi connectivity index (χ2v) is 10.1. The first-order chi connectivity index (χ1) is 13.8. The average Bonchev–Trinajstić information content (AvgIpc) is 2.69. The van der Waals surface area contributed by atoms with Crippen LogP contribution in [0.2, 0.25) is 0 Å². The first-order valence-electron chi connectivity index (χ1n) is 9.66. The molecule has 156 valence electrons. The number of rotatable bonds is 7. The minimum Gasteiger partial charge on any atom is -0.325 e. The van der Waals surface area contributed by atoms with Crippen LogP contribution in [0.5, 0.6) is 0 Å². The molecule has 29 heavy (non-hydrogen) atoms. The van der Waals surface area contributed by atoms with E-state index in [-0.39, 0.29) is 16.7 Å². The molecule has 2 aromatic rings. The summed E-state index contributed by atoms with van der Waals surface area (Å²) in [4.78, 5) is 14.7. The second-order valence-electron chi connectivity index (χ2n) is 7.46. The topological polar surface area (TPSA) is 78.5 Å². The SMILES string of the molecule is Cc1ccc(S(=O)(=O)NCC2CCCN(CC(=O)Nc3ccc(Br)cc3)C2)cc1. The van der Waals surface area contributed by atoms with Gasteiger partial charge in [-0.25, -0.2) is 13.1 Å². The number of nitrogens with zero attached hydrogens (tertiary/aromatic N) is 1. The van der Waals surface area contributed by atoms with Gasteiger partial charge in [0.2, 0.25) is 15.9 Å². The normalized spacial score (nSPS) is 17.8. The molecular formula is C21H26BrN3O3S. The largest absolute Gasteiger partial charge is 0.325 e. The minimum atomic E-state index is -3.51. The van der Waals surface area contributed by atoms with Gasteiger partial charge in [0.25, 0.3) is 0 Å². The average molecular weight is 480 g/mol. The number of benzene rings is 2. The molecule has 1 atom stereocenters. The van der Waals surface area contributed by atoms with Gasteiger partial charge in [-0.15, -0.1) is 0 Å². The third kappa shape index (κ3) is 6.64. The van der Waals surface area contributed by atoms with Gasteiger partial charge < -0.3 is 5.32 Å². The molecule has 0 bridgehead atoms. The lowest BCUT2D eigenvalue weighted by Gasteiger charge is -2.32. The van der Waals surface area contributed by atoms with Crippen LogP contribution in [-0.2, 0) is 14.8 Å². The van der Waals surface area contributed by atoms with Gasteiger partial charge in [-0.2, -0.15) is 0 Å². The van der Waals surface area contributed by atoms with Crippen LogP contribution in [-0.4, -0.2) is 45.4 Å². The zero-order valence-electron chi connectivity index (χ0n) is 16.4. The number of piperidine rings is 1. The summed E-state index contributed by atoms with van der Waals surface area (Å²) in [6.45, 7) is 4.14. The molecule has 0 saturated carbocycles. The Morgan fingerprint density at radius 2 is 1.83 bits per heavy atom. The summed E-state index contributed by atoms with van der Waals surface area (Å²) in [5.74, 6) is 0.123. The number of hydrogen-bond donors (Lipinski definition) is 2. The van der Waals surface area contributed by atoms with Crippen molar-refractivity contribution in [1.29, 1.82) is 0 Å². The molecule has 8 heteroatoms. The number of amides is 1. The van der Waals surface area contributed by atoms with E-state index in [4.69, 9.17) is 0 Å². The highest BCUT2D eigenvalue weighted by Gasteiger charge is 2.23. The molecule has 6 nitrogen and oxygen atoms in total. The number of hydrogen-bond acceptors (Lipinski definition) is 4. The van der Waals surface area contributed by atoms with Crippen LogP contribution in [0, 0.1) is 12.8 Å². The molecule has 1 amide bonds. The van der Waals surface area contributed by atoms with Gasteiger partial charge in [0.1, 0.15) is 0 Å². The van der Waals surface area contributed by atoms with E-state index in [0.29, 0.717) is 19.6 Å². The zero-order chi connectivity index (χ0) is 20.9. The first-order valence-corrected chi connectivity index (χ1v) is 11.9. The molecule has 1 fully saturated rings. The number of likely N-dealkylation sites (tertiary alicyclic amines) is 1. The Bertz CT molecular complexity index is 931. The standard InChI is InChI=1S/C21H26BrN3O3S/c1-16-4-10-20(11-5-16)29(27,28)23-13-17-3-2-12-25(14-17)15-21(26)24-19-8-6-18(22)7-9-19/h4-11,17,23H,2-3,12-15H2,1H3,(H,24,26). The Morgan fingerprint density at radius 1 is 1.14 bits per heavy atom. The molecule has 1 heterocycles. The lowest BCUT2D eigenvalue weighted by Crippen LogP contribution is -2.43. The summed E-state index contributed by atoms with van der Waals surface area (Å²) in [5, 5.41) is 2.90. The Kier molecular flexibility index (Phi) is 7.45. The summed E-state index contributed by atoms with van der Waals surface area (Å²) in [6.07, 6.45) is 1.89. The smallest absolute Gasteiger partial charge is 0.240 e. The van der Waals surface area contributed by atoms with Crippen molar-refractivity contribution in [3.05, 3.63) is 58.6 Å². The molecule has 0 spiro atoms. The lowest BCUT2D eigenvalue weighted by atomic mass is 9.98. The first kappa shape index (κ1) is 22.0. The summed E-state index contributed by atoms with van der Waals surface area (Å²) >= 11 is 3.37. The molecular weight excluding hydrogens is 454 g/mol. The van der Waals surface area contributed by atoms with Crippen molar-refractivity contribution < 1.29 is 13.2 Å². The summed E-state index contributed by atoms with van der Waals surface area (Å²) in [6, 6.07) is 14.3. The molecule has 0 aromatic heterocycles. The van der Waals surface area contributed by atoms with Crippen molar-refractivity contribution in [2.45, 2.75) is 24.7 Å². The molecule has 2 N–H and O–H groups in total. The van der Waals surface area contributed by atoms with E-state index in [1.807, 2.05) is 31.2 Å². The number of halogens is 1. The molecule has 3 rings (SSSR count). The number of carbonyl (C=O) groups is 1. The Morgan fingerprint density at radius 3 is 2.52 bits per heavy atom. The minimum absolute atomic E-state index is 0.0618. The van der Waals surface area contributed by atoms with Crippen LogP contribution < -0.4 is 10.0 Å². The van der Waals surface area contributed by atoms with Crippen LogP contribution in [0.3, 0.4) is 0 Å². The van der Waals surface area contributed by atoms with Gasteiger partial charge in [-0.3, -0.25) is 9.69 Å². The highest BCUT2D eigenvalue weighted by atomic mass is 79.9. The molecule has 1 unspecified atom stereocenters. The fourth-order valence-electron chi connectivity index (χ4n) is 3.43. The molecule has 1 aliphatic rings. The van der Waals surface area contributed by atoms with Gasteiger partial charge >= 0.3 is 0 Å². The molecule has 2 aromatic carbocycles. The lowest BCUT2D eigenvalue weighted by molar-refractivity contribution is -0.117. The number of anilines is 1. The highest BCUT2D eigenvalue weighted by molar-refractivity contribution is 9.10. The molecule has 0 aliphatic carbocycles. The van der Waals surface area contributed by atoms with Crippen LogP contribution in [0.15, 0.2) is 57.9 Å². The summed E-state index contributed by atoms with van der Waals surface area (Å²) in [5.41, 5.74) is 1.78. The van der Waals surface area contributed by atoms with Crippen molar-refractivity contribution in [2.24, 2.45) is 5.92 Å². The van der Waals surface area contributed by atoms with E-state index in [0.717, 1.165) is 35.1 Å². The van der Waals surface area contributed by atoms with Crippen LogP contribution >= 0.6 is 15.9 Å². The maximum Gasteiger partial charge on any atom is 0.240 e. The molecule has 0 radical (unpaired) electrons. The zero-order valence-corrected chi connectivity index (χ0v) is 18.8. The maximum absolute atomic E-state index is 12.5. The highest BCUT2D eigenvalue weighted by Crippen LogP contribution is 2.18. The summed E-state index contributed by atoms with van der Waals surface area (Å²) < 4.78 is 28.6. The van der Waals surface area contributed by atoms with E-state index in [2.05, 4.69) is 30.9 Å². The van der Waals surface area contributed by atoms with Crippen molar-refractivity contribution >= 4 is 37.5 Å². The third-order valence-corrected chi connectivity index (χ3v) is 6.96. The Hall–Kier alpha value is -1.74. The number of carbonyl (C=O) groups excluding carboxylic acids is 1. The van der Waals surface area contributed by atoms with Gasteiger partial charge in [-0.05, 0) is 68.6 Å². The van der Waals surface area contributed by atoms with Crippen molar-refractivity contribution in [1.82, 2.24) is 9.62 Å². The predicted molar refractivity (Wildman–Crippen MR) is 118 cm³/mol. The maximum atomic E-state index is 12.5. The number of aryl methyl sites for hydroxylation is 1.